The van der Waals surface area contributed by atoms with Gasteiger partial charge in [0, 0.05) is 12.3 Å². The van der Waals surface area contributed by atoms with Crippen LogP contribution in [0.2, 0.25) is 0 Å². The van der Waals surface area contributed by atoms with E-state index < -0.39 is 10.8 Å². The van der Waals surface area contributed by atoms with Crippen molar-refractivity contribution < 1.29 is 13.4 Å². The fourth-order valence-corrected chi connectivity index (χ4v) is 3.02. The third-order valence-electron chi connectivity index (χ3n) is 3.25. The number of amides is 1. The van der Waals surface area contributed by atoms with Crippen LogP contribution in [-0.2, 0) is 17.2 Å². The van der Waals surface area contributed by atoms with Crippen LogP contribution in [0, 0.1) is 5.82 Å². The van der Waals surface area contributed by atoms with E-state index in [0.29, 0.717) is 29.2 Å². The van der Waals surface area contributed by atoms with Gasteiger partial charge in [0.1, 0.15) is 5.82 Å². The van der Waals surface area contributed by atoms with E-state index in [1.807, 2.05) is 6.92 Å². The summed E-state index contributed by atoms with van der Waals surface area (Å²) < 4.78 is 24.8. The quantitative estimate of drug-likeness (QED) is 0.890. The zero-order chi connectivity index (χ0) is 15.9. The van der Waals surface area contributed by atoms with Crippen LogP contribution in [0.15, 0.2) is 53.4 Å². The van der Waals surface area contributed by atoms with E-state index >= 15 is 0 Å². The van der Waals surface area contributed by atoms with Gasteiger partial charge >= 0.3 is 0 Å². The smallest absolute Gasteiger partial charge is 0.252 e. The van der Waals surface area contributed by atoms with Gasteiger partial charge in [0.15, 0.2) is 0 Å². The molecule has 0 radical (unpaired) electrons. The number of carbonyl (C=O) groups is 1. The monoisotopic (exact) mass is 319 g/mol. The second kappa shape index (κ2) is 7.84. The fourth-order valence-electron chi connectivity index (χ4n) is 2.07. The van der Waals surface area contributed by atoms with Crippen molar-refractivity contribution >= 4 is 16.7 Å². The van der Waals surface area contributed by atoms with Crippen molar-refractivity contribution in [1.82, 2.24) is 5.32 Å². The van der Waals surface area contributed by atoms with Gasteiger partial charge in [-0.2, -0.15) is 0 Å². The van der Waals surface area contributed by atoms with Crippen LogP contribution >= 0.6 is 0 Å². The Morgan fingerprint density at radius 3 is 2.50 bits per heavy atom. The molecule has 3 nitrogen and oxygen atoms in total. The third kappa shape index (κ3) is 4.24. The van der Waals surface area contributed by atoms with Gasteiger partial charge in [-0.15, -0.1) is 0 Å². The standard InChI is InChI=1S/C17H18FNO2S/c1-2-22(21)16-6-4-3-5-15(16)17(20)19-12-11-13-7-9-14(18)10-8-13/h3-10H,2,11-12H2,1H3,(H,19,20)/t22-/m1/s1. The average molecular weight is 319 g/mol. The van der Waals surface area contributed by atoms with Crippen molar-refractivity contribution in [3.8, 4) is 0 Å². The number of hydrogen-bond donors (Lipinski definition) is 1. The summed E-state index contributed by atoms with van der Waals surface area (Å²) in [5.74, 6) is -0.0388. The lowest BCUT2D eigenvalue weighted by molar-refractivity contribution is 0.0951. The Kier molecular flexibility index (Phi) is 5.83. The molecule has 2 aromatic rings. The van der Waals surface area contributed by atoms with Crippen LogP contribution in [0.5, 0.6) is 0 Å². The highest BCUT2D eigenvalue weighted by Gasteiger charge is 2.13. The largest absolute Gasteiger partial charge is 0.352 e. The molecule has 116 valence electrons. The normalized spacial score (nSPS) is 11.9. The minimum atomic E-state index is -1.17. The number of halogens is 1. The van der Waals surface area contributed by atoms with Crippen molar-refractivity contribution in [1.29, 1.82) is 0 Å². The van der Waals surface area contributed by atoms with Gasteiger partial charge in [-0.25, -0.2) is 4.39 Å². The number of hydrogen-bond acceptors (Lipinski definition) is 2. The van der Waals surface area contributed by atoms with E-state index in [1.54, 1.807) is 36.4 Å². The van der Waals surface area contributed by atoms with Gasteiger partial charge in [0.05, 0.1) is 21.3 Å². The number of benzene rings is 2. The Morgan fingerprint density at radius 1 is 1.14 bits per heavy atom. The minimum absolute atomic E-state index is 0.237. The lowest BCUT2D eigenvalue weighted by atomic mass is 10.1. The lowest BCUT2D eigenvalue weighted by Crippen LogP contribution is -2.26. The van der Waals surface area contributed by atoms with Crippen LogP contribution in [0.1, 0.15) is 22.8 Å². The molecule has 2 aromatic carbocycles. The Bertz CT molecular complexity index is 671. The van der Waals surface area contributed by atoms with E-state index in [2.05, 4.69) is 5.32 Å². The first kappa shape index (κ1) is 16.4. The van der Waals surface area contributed by atoms with E-state index in [-0.39, 0.29) is 11.7 Å². The summed E-state index contributed by atoms with van der Waals surface area (Å²) in [6.45, 7) is 2.26. The van der Waals surface area contributed by atoms with Crippen molar-refractivity contribution in [3.63, 3.8) is 0 Å². The molecule has 0 heterocycles. The highest BCUT2D eigenvalue weighted by molar-refractivity contribution is 7.85. The zero-order valence-corrected chi connectivity index (χ0v) is 13.2. The van der Waals surface area contributed by atoms with Gasteiger partial charge in [-0.3, -0.25) is 9.00 Å². The molecule has 0 aliphatic rings. The van der Waals surface area contributed by atoms with E-state index in [1.165, 1.54) is 12.1 Å². The van der Waals surface area contributed by atoms with Crippen molar-refractivity contribution in [3.05, 3.63) is 65.5 Å². The van der Waals surface area contributed by atoms with Crippen LogP contribution in [0.3, 0.4) is 0 Å². The first-order chi connectivity index (χ1) is 10.6. The Hall–Kier alpha value is -2.01. The molecule has 0 saturated heterocycles. The van der Waals surface area contributed by atoms with Gasteiger partial charge < -0.3 is 5.32 Å². The molecule has 0 saturated carbocycles. The molecule has 0 fully saturated rings. The summed E-state index contributed by atoms with van der Waals surface area (Å²) in [7, 11) is -1.17. The average Bonchev–Trinajstić information content (AvgIpc) is 2.56. The highest BCUT2D eigenvalue weighted by atomic mass is 32.2. The third-order valence-corrected chi connectivity index (χ3v) is 4.62. The first-order valence-electron chi connectivity index (χ1n) is 7.12. The number of carbonyl (C=O) groups excluding carboxylic acids is 1. The summed E-state index contributed by atoms with van der Waals surface area (Å²) in [4.78, 5) is 12.8. The van der Waals surface area contributed by atoms with E-state index in [0.717, 1.165) is 5.56 Å². The van der Waals surface area contributed by atoms with Crippen LogP contribution in [-0.4, -0.2) is 22.4 Å². The summed E-state index contributed by atoms with van der Waals surface area (Å²) in [6.07, 6.45) is 0.616. The van der Waals surface area contributed by atoms with E-state index in [4.69, 9.17) is 0 Å². The molecule has 0 aromatic heterocycles. The molecule has 0 aliphatic carbocycles. The second-order valence-corrected chi connectivity index (χ2v) is 6.47. The van der Waals surface area contributed by atoms with Crippen molar-refractivity contribution in [2.24, 2.45) is 0 Å². The van der Waals surface area contributed by atoms with E-state index in [9.17, 15) is 13.4 Å². The summed E-state index contributed by atoms with van der Waals surface area (Å²) in [6, 6.07) is 13.1. The Morgan fingerprint density at radius 2 is 1.82 bits per heavy atom. The van der Waals surface area contributed by atoms with Crippen molar-refractivity contribution in [2.45, 2.75) is 18.2 Å². The maximum absolute atomic E-state index is 12.8. The molecule has 0 bridgehead atoms. The topological polar surface area (TPSA) is 46.2 Å². The zero-order valence-electron chi connectivity index (χ0n) is 12.3. The summed E-state index contributed by atoms with van der Waals surface area (Å²) >= 11 is 0. The Labute approximate surface area is 132 Å². The molecule has 0 spiro atoms. The molecule has 1 N–H and O–H groups in total. The molecule has 1 atom stereocenters. The van der Waals surface area contributed by atoms with Crippen LogP contribution in [0.4, 0.5) is 4.39 Å². The first-order valence-corrected chi connectivity index (χ1v) is 8.43. The molecule has 22 heavy (non-hydrogen) atoms. The summed E-state index contributed by atoms with van der Waals surface area (Å²) in [5.41, 5.74) is 1.40. The fraction of sp³-hybridized carbons (Fsp3) is 0.235. The molecule has 0 aliphatic heterocycles. The minimum Gasteiger partial charge on any atom is -0.352 e. The lowest BCUT2D eigenvalue weighted by Gasteiger charge is -2.09. The number of rotatable bonds is 6. The van der Waals surface area contributed by atoms with Gasteiger partial charge in [-0.05, 0) is 36.2 Å². The maximum atomic E-state index is 12.8. The second-order valence-electron chi connectivity index (χ2n) is 4.76. The molecule has 2 rings (SSSR count). The molecule has 0 unspecified atom stereocenters. The molecular weight excluding hydrogens is 301 g/mol. The molecule has 1 amide bonds. The van der Waals surface area contributed by atoms with Gasteiger partial charge in [0.2, 0.25) is 0 Å². The maximum Gasteiger partial charge on any atom is 0.252 e. The summed E-state index contributed by atoms with van der Waals surface area (Å²) in [5, 5.41) is 2.81. The SMILES string of the molecule is CC[S@@](=O)c1ccccc1C(=O)NCCc1ccc(F)cc1. The Balaban J connectivity index is 1.98. The molecule has 5 heteroatoms. The van der Waals surface area contributed by atoms with Crippen molar-refractivity contribution in [2.75, 3.05) is 12.3 Å². The van der Waals surface area contributed by atoms with Gasteiger partial charge in [0.25, 0.3) is 5.91 Å². The predicted molar refractivity (Wildman–Crippen MR) is 85.8 cm³/mol. The molecular formula is C17H18FNO2S. The van der Waals surface area contributed by atoms with Gasteiger partial charge in [-0.1, -0.05) is 31.2 Å². The number of nitrogens with one attached hydrogen (secondary N) is 1. The predicted octanol–water partition coefficient (Wildman–Crippen LogP) is 2.93. The highest BCUT2D eigenvalue weighted by Crippen LogP contribution is 2.13. The van der Waals surface area contributed by atoms with Crippen LogP contribution < -0.4 is 5.32 Å². The van der Waals surface area contributed by atoms with Crippen LogP contribution in [0.25, 0.3) is 0 Å².